The first-order valence-electron chi connectivity index (χ1n) is 5.98. The number of rotatable bonds is 1. The van der Waals surface area contributed by atoms with E-state index in [0.29, 0.717) is 19.0 Å². The fourth-order valence-electron chi connectivity index (χ4n) is 2.48. The Morgan fingerprint density at radius 3 is 2.94 bits per heavy atom. The molecule has 3 rings (SSSR count). The van der Waals surface area contributed by atoms with Crippen molar-refractivity contribution in [1.29, 1.82) is 0 Å². The van der Waals surface area contributed by atoms with Gasteiger partial charge in [0.15, 0.2) is 5.58 Å². The molecule has 0 atom stereocenters. The van der Waals surface area contributed by atoms with Crippen LogP contribution in [0.3, 0.4) is 0 Å². The molecule has 1 saturated heterocycles. The van der Waals surface area contributed by atoms with Crippen molar-refractivity contribution in [2.75, 3.05) is 13.1 Å². The van der Waals surface area contributed by atoms with Crippen molar-refractivity contribution in [1.82, 2.24) is 10.1 Å². The Labute approximate surface area is 108 Å². The number of aryl methyl sites for hydroxylation is 1. The standard InChI is InChI=1S/C12H14N2O3S/c1-7-6-9-11(18-7)10(13-17-9)8-2-4-14(5-3-8)12(15)16/h6,8H,2-5H2,1H3,(H,15,16). The minimum atomic E-state index is -0.828. The van der Waals surface area contributed by atoms with Crippen LogP contribution in [0.1, 0.15) is 29.3 Å². The van der Waals surface area contributed by atoms with E-state index >= 15 is 0 Å². The average molecular weight is 266 g/mol. The van der Waals surface area contributed by atoms with E-state index in [1.54, 1.807) is 11.3 Å². The monoisotopic (exact) mass is 266 g/mol. The summed E-state index contributed by atoms with van der Waals surface area (Å²) in [7, 11) is 0. The third kappa shape index (κ3) is 1.86. The predicted molar refractivity (Wildman–Crippen MR) is 68.2 cm³/mol. The lowest BCUT2D eigenvalue weighted by atomic mass is 9.94. The molecule has 1 amide bonds. The van der Waals surface area contributed by atoms with Crippen molar-refractivity contribution >= 4 is 27.7 Å². The molecule has 18 heavy (non-hydrogen) atoms. The fraction of sp³-hybridized carbons (Fsp3) is 0.500. The Bertz CT molecular complexity index is 581. The van der Waals surface area contributed by atoms with Gasteiger partial charge in [-0.3, -0.25) is 0 Å². The summed E-state index contributed by atoms with van der Waals surface area (Å²) in [6.45, 7) is 3.22. The summed E-state index contributed by atoms with van der Waals surface area (Å²) < 4.78 is 6.45. The van der Waals surface area contributed by atoms with Crippen molar-refractivity contribution in [2.24, 2.45) is 0 Å². The largest absolute Gasteiger partial charge is 0.465 e. The summed E-state index contributed by atoms with van der Waals surface area (Å²) in [5.41, 5.74) is 1.86. The molecule has 0 bridgehead atoms. The van der Waals surface area contributed by atoms with Crippen LogP contribution in [0.25, 0.3) is 10.3 Å². The van der Waals surface area contributed by atoms with Crippen LogP contribution in [-0.2, 0) is 0 Å². The molecule has 1 fully saturated rings. The highest BCUT2D eigenvalue weighted by Crippen LogP contribution is 2.36. The van der Waals surface area contributed by atoms with Crippen molar-refractivity contribution in [3.63, 3.8) is 0 Å². The van der Waals surface area contributed by atoms with Crippen molar-refractivity contribution in [3.05, 3.63) is 16.6 Å². The predicted octanol–water partition coefficient (Wildman–Crippen LogP) is 3.06. The van der Waals surface area contributed by atoms with E-state index in [1.807, 2.05) is 6.07 Å². The van der Waals surface area contributed by atoms with Crippen LogP contribution in [0.15, 0.2) is 10.6 Å². The topological polar surface area (TPSA) is 66.6 Å². The van der Waals surface area contributed by atoms with Gasteiger partial charge in [-0.15, -0.1) is 11.3 Å². The quantitative estimate of drug-likeness (QED) is 0.861. The molecule has 0 spiro atoms. The number of likely N-dealkylation sites (tertiary alicyclic amines) is 1. The molecular formula is C12H14N2O3S. The first-order chi connectivity index (χ1) is 8.65. The molecule has 0 radical (unpaired) electrons. The second kappa shape index (κ2) is 4.28. The Morgan fingerprint density at radius 2 is 2.28 bits per heavy atom. The summed E-state index contributed by atoms with van der Waals surface area (Å²) in [4.78, 5) is 13.5. The minimum absolute atomic E-state index is 0.319. The number of hydrogen-bond donors (Lipinski definition) is 1. The summed E-state index contributed by atoms with van der Waals surface area (Å²) in [6, 6.07) is 2.00. The lowest BCUT2D eigenvalue weighted by Crippen LogP contribution is -2.36. The first kappa shape index (κ1) is 11.5. The number of hydrogen-bond acceptors (Lipinski definition) is 4. The van der Waals surface area contributed by atoms with Crippen LogP contribution in [0.5, 0.6) is 0 Å². The van der Waals surface area contributed by atoms with Crippen LogP contribution in [0.4, 0.5) is 4.79 Å². The number of thiophene rings is 1. The van der Waals surface area contributed by atoms with Gasteiger partial charge in [-0.2, -0.15) is 0 Å². The molecule has 2 aromatic heterocycles. The molecule has 0 unspecified atom stereocenters. The second-order valence-electron chi connectivity index (χ2n) is 4.66. The van der Waals surface area contributed by atoms with Gasteiger partial charge in [0.25, 0.3) is 0 Å². The van der Waals surface area contributed by atoms with Gasteiger partial charge in [-0.25, -0.2) is 4.79 Å². The van der Waals surface area contributed by atoms with E-state index in [4.69, 9.17) is 9.63 Å². The third-order valence-corrected chi connectivity index (χ3v) is 4.50. The normalized spacial score (nSPS) is 17.5. The lowest BCUT2D eigenvalue weighted by molar-refractivity contribution is 0.131. The van der Waals surface area contributed by atoms with E-state index < -0.39 is 6.09 Å². The maximum Gasteiger partial charge on any atom is 0.407 e. The van der Waals surface area contributed by atoms with Gasteiger partial charge in [0.1, 0.15) is 5.69 Å². The molecule has 96 valence electrons. The summed E-state index contributed by atoms with van der Waals surface area (Å²) in [5, 5.41) is 13.1. The van der Waals surface area contributed by atoms with Crippen LogP contribution < -0.4 is 0 Å². The van der Waals surface area contributed by atoms with Crippen molar-refractivity contribution in [3.8, 4) is 0 Å². The van der Waals surface area contributed by atoms with E-state index in [0.717, 1.165) is 28.8 Å². The molecule has 1 aliphatic rings. The SMILES string of the molecule is Cc1cc2onc(C3CCN(C(=O)O)CC3)c2s1. The van der Waals surface area contributed by atoms with Crippen LogP contribution in [0, 0.1) is 6.92 Å². The zero-order valence-electron chi connectivity index (χ0n) is 10.0. The first-order valence-corrected chi connectivity index (χ1v) is 6.80. The number of nitrogens with zero attached hydrogens (tertiary/aromatic N) is 2. The van der Waals surface area contributed by atoms with Crippen molar-refractivity contribution < 1.29 is 14.4 Å². The average Bonchev–Trinajstić information content (AvgIpc) is 2.88. The molecule has 6 heteroatoms. The van der Waals surface area contributed by atoms with Crippen LogP contribution in [-0.4, -0.2) is 34.3 Å². The van der Waals surface area contributed by atoms with E-state index in [1.165, 1.54) is 9.78 Å². The molecule has 0 aromatic carbocycles. The second-order valence-corrected chi connectivity index (χ2v) is 5.92. The van der Waals surface area contributed by atoms with E-state index in [2.05, 4.69) is 12.1 Å². The number of carbonyl (C=O) groups is 1. The minimum Gasteiger partial charge on any atom is -0.465 e. The molecule has 5 nitrogen and oxygen atoms in total. The summed E-state index contributed by atoms with van der Waals surface area (Å²) in [5.74, 6) is 0.319. The Balaban J connectivity index is 1.82. The van der Waals surface area contributed by atoms with Crippen LogP contribution >= 0.6 is 11.3 Å². The maximum absolute atomic E-state index is 10.9. The number of carboxylic acid groups (broad SMARTS) is 1. The molecule has 1 N–H and O–H groups in total. The molecule has 0 saturated carbocycles. The van der Waals surface area contributed by atoms with Gasteiger partial charge >= 0.3 is 6.09 Å². The number of amides is 1. The zero-order valence-corrected chi connectivity index (χ0v) is 10.9. The smallest absolute Gasteiger partial charge is 0.407 e. The van der Waals surface area contributed by atoms with Crippen LogP contribution in [0.2, 0.25) is 0 Å². The highest BCUT2D eigenvalue weighted by atomic mass is 32.1. The van der Waals surface area contributed by atoms with Gasteiger partial charge < -0.3 is 14.5 Å². The fourth-order valence-corrected chi connectivity index (χ4v) is 3.47. The van der Waals surface area contributed by atoms with E-state index in [-0.39, 0.29) is 0 Å². The number of fused-ring (bicyclic) bond motifs is 1. The Hall–Kier alpha value is -1.56. The van der Waals surface area contributed by atoms with Gasteiger partial charge in [0.05, 0.1) is 4.70 Å². The highest BCUT2D eigenvalue weighted by Gasteiger charge is 2.27. The lowest BCUT2D eigenvalue weighted by Gasteiger charge is -2.28. The van der Waals surface area contributed by atoms with Gasteiger partial charge in [0.2, 0.25) is 0 Å². The Morgan fingerprint density at radius 1 is 1.56 bits per heavy atom. The highest BCUT2D eigenvalue weighted by molar-refractivity contribution is 7.19. The number of aromatic nitrogens is 1. The molecular weight excluding hydrogens is 252 g/mol. The zero-order chi connectivity index (χ0) is 12.7. The maximum atomic E-state index is 10.9. The van der Waals surface area contributed by atoms with E-state index in [9.17, 15) is 4.79 Å². The molecule has 2 aromatic rings. The summed E-state index contributed by atoms with van der Waals surface area (Å²) in [6.07, 6.45) is 0.821. The molecule has 3 heterocycles. The molecule has 1 aliphatic heterocycles. The van der Waals surface area contributed by atoms with Crippen molar-refractivity contribution in [2.45, 2.75) is 25.7 Å². The van der Waals surface area contributed by atoms with Gasteiger partial charge in [-0.1, -0.05) is 5.16 Å². The van der Waals surface area contributed by atoms with Gasteiger partial charge in [0, 0.05) is 23.9 Å². The number of piperidine rings is 1. The molecule has 0 aliphatic carbocycles. The van der Waals surface area contributed by atoms with Gasteiger partial charge in [-0.05, 0) is 25.8 Å². The third-order valence-electron chi connectivity index (χ3n) is 3.45. The Kier molecular flexibility index (Phi) is 2.74. The summed E-state index contributed by atoms with van der Waals surface area (Å²) >= 11 is 1.70.